The summed E-state index contributed by atoms with van der Waals surface area (Å²) in [6.07, 6.45) is 0.981. The lowest BCUT2D eigenvalue weighted by molar-refractivity contribution is -0.122. The van der Waals surface area contributed by atoms with Crippen LogP contribution in [0.2, 0.25) is 0 Å². The van der Waals surface area contributed by atoms with Gasteiger partial charge in [-0.15, -0.1) is 0 Å². The number of aromatic hydroxyl groups is 1. The maximum absolute atomic E-state index is 8.94. The molecule has 2 N–H and O–H groups in total. The van der Waals surface area contributed by atoms with Gasteiger partial charge in [-0.25, -0.2) is 0 Å². The number of phenolic OH excluding ortho intramolecular Hbond substituents is 1. The summed E-state index contributed by atoms with van der Waals surface area (Å²) in [5.74, 6) is 0.356. The van der Waals surface area contributed by atoms with Crippen LogP contribution < -0.4 is 0 Å². The minimum absolute atomic E-state index is 0.250. The van der Waals surface area contributed by atoms with Gasteiger partial charge in [0.15, 0.2) is 0 Å². The maximum Gasteiger partial charge on any atom is 0.290 e. The second kappa shape index (κ2) is 6.22. The quantitative estimate of drug-likeness (QED) is 0.627. The van der Waals surface area contributed by atoms with E-state index in [2.05, 4.69) is 6.92 Å². The average molecular weight is 168 g/mol. The zero-order valence-electron chi connectivity index (χ0n) is 6.90. The molecular weight excluding hydrogens is 156 g/mol. The van der Waals surface area contributed by atoms with Gasteiger partial charge in [-0.2, -0.15) is 0 Å². The molecule has 3 nitrogen and oxygen atoms in total. The van der Waals surface area contributed by atoms with E-state index in [1.807, 2.05) is 12.1 Å². The summed E-state index contributed by atoms with van der Waals surface area (Å²) in [7, 11) is 0. The maximum atomic E-state index is 8.94. The molecular formula is C9H12O3. The standard InChI is InChI=1S/C8H10O.CH2O2/c1-2-7-4-3-5-8(9)6-7;2-1-3/h3-6,9H,2H2,1H3;1H,(H,2,3). The van der Waals surface area contributed by atoms with Gasteiger partial charge in [-0.3, -0.25) is 4.79 Å². The van der Waals surface area contributed by atoms with Crippen LogP contribution >= 0.6 is 0 Å². The van der Waals surface area contributed by atoms with Gasteiger partial charge in [0, 0.05) is 0 Å². The van der Waals surface area contributed by atoms with Gasteiger partial charge in [-0.1, -0.05) is 19.1 Å². The normalized spacial score (nSPS) is 8.08. The highest BCUT2D eigenvalue weighted by atomic mass is 16.3. The van der Waals surface area contributed by atoms with E-state index in [0.717, 1.165) is 6.42 Å². The minimum Gasteiger partial charge on any atom is -0.508 e. The van der Waals surface area contributed by atoms with Crippen molar-refractivity contribution in [2.45, 2.75) is 13.3 Å². The molecule has 66 valence electrons. The van der Waals surface area contributed by atoms with E-state index in [4.69, 9.17) is 15.0 Å². The number of hydrogen-bond acceptors (Lipinski definition) is 2. The Bertz CT molecular complexity index is 233. The van der Waals surface area contributed by atoms with E-state index in [0.29, 0.717) is 5.75 Å². The third kappa shape index (κ3) is 4.33. The van der Waals surface area contributed by atoms with Crippen molar-refractivity contribution in [3.05, 3.63) is 29.8 Å². The van der Waals surface area contributed by atoms with E-state index in [9.17, 15) is 0 Å². The summed E-state index contributed by atoms with van der Waals surface area (Å²) in [4.78, 5) is 8.36. The van der Waals surface area contributed by atoms with E-state index >= 15 is 0 Å². The Hall–Kier alpha value is -1.51. The Morgan fingerprint density at radius 2 is 2.08 bits per heavy atom. The third-order valence-corrected chi connectivity index (χ3v) is 1.32. The van der Waals surface area contributed by atoms with E-state index in [1.165, 1.54) is 5.56 Å². The molecule has 0 amide bonds. The molecule has 1 aromatic rings. The Balaban J connectivity index is 0.000000354. The van der Waals surface area contributed by atoms with E-state index < -0.39 is 0 Å². The molecule has 0 bridgehead atoms. The molecule has 0 unspecified atom stereocenters. The summed E-state index contributed by atoms with van der Waals surface area (Å²) >= 11 is 0. The smallest absolute Gasteiger partial charge is 0.290 e. The fourth-order valence-corrected chi connectivity index (χ4v) is 0.776. The van der Waals surface area contributed by atoms with Crippen molar-refractivity contribution < 1.29 is 15.0 Å². The molecule has 0 fully saturated rings. The number of rotatable bonds is 1. The highest BCUT2D eigenvalue weighted by Gasteiger charge is 1.87. The Morgan fingerprint density at radius 1 is 1.50 bits per heavy atom. The van der Waals surface area contributed by atoms with Gasteiger partial charge in [0.2, 0.25) is 0 Å². The van der Waals surface area contributed by atoms with Gasteiger partial charge >= 0.3 is 0 Å². The highest BCUT2D eigenvalue weighted by molar-refractivity contribution is 5.32. The first kappa shape index (κ1) is 10.5. The van der Waals surface area contributed by atoms with Crippen molar-refractivity contribution in [3.8, 4) is 5.75 Å². The lowest BCUT2D eigenvalue weighted by Crippen LogP contribution is -1.75. The number of carboxylic acid groups (broad SMARTS) is 1. The summed E-state index contributed by atoms with van der Waals surface area (Å²) in [5, 5.41) is 15.8. The zero-order chi connectivity index (χ0) is 9.40. The molecule has 0 aliphatic heterocycles. The molecule has 0 atom stereocenters. The fraction of sp³-hybridized carbons (Fsp3) is 0.222. The van der Waals surface area contributed by atoms with Crippen molar-refractivity contribution in [1.82, 2.24) is 0 Å². The van der Waals surface area contributed by atoms with Gasteiger partial charge in [0.1, 0.15) is 5.75 Å². The largest absolute Gasteiger partial charge is 0.508 e. The van der Waals surface area contributed by atoms with Crippen LogP contribution in [-0.4, -0.2) is 16.7 Å². The minimum atomic E-state index is -0.250. The number of phenols is 1. The molecule has 0 aliphatic carbocycles. The summed E-state index contributed by atoms with van der Waals surface area (Å²) < 4.78 is 0. The molecule has 0 aromatic heterocycles. The molecule has 0 saturated carbocycles. The first-order valence-electron chi connectivity index (χ1n) is 3.60. The van der Waals surface area contributed by atoms with Crippen LogP contribution in [0.4, 0.5) is 0 Å². The van der Waals surface area contributed by atoms with Gasteiger partial charge in [0.25, 0.3) is 6.47 Å². The van der Waals surface area contributed by atoms with Crippen LogP contribution in [0.3, 0.4) is 0 Å². The number of aryl methyl sites for hydroxylation is 1. The van der Waals surface area contributed by atoms with Crippen LogP contribution in [0, 0.1) is 0 Å². The molecule has 0 aliphatic rings. The molecule has 0 heterocycles. The van der Waals surface area contributed by atoms with E-state index in [1.54, 1.807) is 12.1 Å². The predicted octanol–water partition coefficient (Wildman–Crippen LogP) is 1.66. The zero-order valence-corrected chi connectivity index (χ0v) is 6.90. The van der Waals surface area contributed by atoms with Crippen molar-refractivity contribution in [2.75, 3.05) is 0 Å². The SMILES string of the molecule is CCc1cccc(O)c1.O=CO. The van der Waals surface area contributed by atoms with Crippen LogP contribution in [0.1, 0.15) is 12.5 Å². The van der Waals surface area contributed by atoms with Crippen molar-refractivity contribution in [2.24, 2.45) is 0 Å². The Morgan fingerprint density at radius 3 is 2.42 bits per heavy atom. The molecule has 1 aromatic carbocycles. The third-order valence-electron chi connectivity index (χ3n) is 1.32. The molecule has 0 spiro atoms. The van der Waals surface area contributed by atoms with Crippen LogP contribution in [0.15, 0.2) is 24.3 Å². The molecule has 0 radical (unpaired) electrons. The second-order valence-corrected chi connectivity index (χ2v) is 2.13. The lowest BCUT2D eigenvalue weighted by atomic mass is 10.2. The summed E-state index contributed by atoms with van der Waals surface area (Å²) in [6.45, 7) is 1.81. The monoisotopic (exact) mass is 168 g/mol. The number of hydrogen-bond donors (Lipinski definition) is 2. The first-order valence-corrected chi connectivity index (χ1v) is 3.60. The number of carbonyl (C=O) groups is 1. The van der Waals surface area contributed by atoms with Gasteiger partial charge < -0.3 is 10.2 Å². The lowest BCUT2D eigenvalue weighted by Gasteiger charge is -1.94. The average Bonchev–Trinajstić information content (AvgIpc) is 2.06. The van der Waals surface area contributed by atoms with Gasteiger partial charge in [-0.05, 0) is 24.1 Å². The summed E-state index contributed by atoms with van der Waals surface area (Å²) in [6, 6.07) is 7.31. The van der Waals surface area contributed by atoms with Crippen LogP contribution in [0.25, 0.3) is 0 Å². The molecule has 0 saturated heterocycles. The molecule has 1 rings (SSSR count). The Kier molecular flexibility index (Phi) is 5.43. The second-order valence-electron chi connectivity index (χ2n) is 2.13. The molecule has 12 heavy (non-hydrogen) atoms. The predicted molar refractivity (Wildman–Crippen MR) is 46.2 cm³/mol. The Labute approximate surface area is 71.3 Å². The number of benzene rings is 1. The first-order chi connectivity index (χ1) is 5.74. The fourth-order valence-electron chi connectivity index (χ4n) is 0.776. The van der Waals surface area contributed by atoms with Crippen LogP contribution in [-0.2, 0) is 11.2 Å². The van der Waals surface area contributed by atoms with Crippen molar-refractivity contribution in [3.63, 3.8) is 0 Å². The van der Waals surface area contributed by atoms with Crippen molar-refractivity contribution in [1.29, 1.82) is 0 Å². The van der Waals surface area contributed by atoms with E-state index in [-0.39, 0.29) is 6.47 Å². The van der Waals surface area contributed by atoms with Crippen LogP contribution in [0.5, 0.6) is 5.75 Å². The summed E-state index contributed by atoms with van der Waals surface area (Å²) in [5.41, 5.74) is 1.18. The van der Waals surface area contributed by atoms with Crippen molar-refractivity contribution >= 4 is 6.47 Å². The topological polar surface area (TPSA) is 57.5 Å². The highest BCUT2D eigenvalue weighted by Crippen LogP contribution is 2.10. The van der Waals surface area contributed by atoms with Gasteiger partial charge in [0.05, 0.1) is 0 Å². The molecule has 3 heteroatoms.